The summed E-state index contributed by atoms with van der Waals surface area (Å²) in [6, 6.07) is 59.1. The van der Waals surface area contributed by atoms with Crippen LogP contribution < -0.4 is 0 Å². The van der Waals surface area contributed by atoms with Gasteiger partial charge in [0.05, 0.1) is 39.7 Å². The van der Waals surface area contributed by atoms with E-state index in [0.29, 0.717) is 28.9 Å². The third-order valence-electron chi connectivity index (χ3n) is 13.2. The molecule has 344 valence electrons. The van der Waals surface area contributed by atoms with Gasteiger partial charge in [0.15, 0.2) is 23.3 Å². The molecule has 7 aromatic carbocycles. The highest BCUT2D eigenvalue weighted by Gasteiger charge is 2.25. The topological polar surface area (TPSA) is 93.2 Å². The van der Waals surface area contributed by atoms with Crippen molar-refractivity contribution >= 4 is 21.8 Å². The van der Waals surface area contributed by atoms with Gasteiger partial charge in [0.2, 0.25) is 0 Å². The highest BCUT2D eigenvalue weighted by Crippen LogP contribution is 2.41. The maximum absolute atomic E-state index is 10.0. The van der Waals surface area contributed by atoms with E-state index in [4.69, 9.17) is 24.9 Å². The molecule has 0 saturated heterocycles. The Morgan fingerprint density at radius 1 is 0.400 bits per heavy atom. The summed E-state index contributed by atoms with van der Waals surface area (Å²) in [7, 11) is 0. The Kier molecular flexibility index (Phi) is 11.4. The molecule has 0 N–H and O–H groups in total. The molecule has 0 spiro atoms. The molecule has 0 aliphatic heterocycles. The van der Waals surface area contributed by atoms with Gasteiger partial charge >= 0.3 is 0 Å². The van der Waals surface area contributed by atoms with Crippen LogP contribution in [0.3, 0.4) is 0 Å². The normalized spacial score (nSPS) is 12.1. The van der Waals surface area contributed by atoms with Crippen LogP contribution in [-0.2, 0) is 16.2 Å². The number of nitriles is 1. The van der Waals surface area contributed by atoms with Gasteiger partial charge in [0.1, 0.15) is 0 Å². The van der Waals surface area contributed by atoms with Crippen molar-refractivity contribution in [2.24, 2.45) is 0 Å². The van der Waals surface area contributed by atoms with Crippen molar-refractivity contribution in [3.8, 4) is 79.8 Å². The number of aromatic nitrogens is 6. The van der Waals surface area contributed by atoms with E-state index in [1.807, 2.05) is 60.7 Å². The monoisotopic (exact) mass is 911 g/mol. The lowest BCUT2D eigenvalue weighted by atomic mass is 9.79. The molecule has 3 aromatic heterocycles. The van der Waals surface area contributed by atoms with Crippen molar-refractivity contribution in [3.05, 3.63) is 192 Å². The summed E-state index contributed by atoms with van der Waals surface area (Å²) in [5.74, 6) is 2.37. The SMILES string of the molecule is Cc1cc(-c2nc(-c3cc(C(C)(C)C)cc(C(C)(C)C)c3)nc(-c3ccc(-n4c5ccccc5c5cc(C#N)ccc54)c(-c4cc(-c5ccccc5)nc(-c5ccccc5)n4)c3)n2)cc(C(C)(C)C)c1. The van der Waals surface area contributed by atoms with E-state index < -0.39 is 0 Å². The largest absolute Gasteiger partial charge is 0.309 e. The number of benzene rings is 7. The maximum Gasteiger partial charge on any atom is 0.164 e. The number of aryl methyl sites for hydroxylation is 1. The number of fused-ring (bicyclic) bond motifs is 3. The van der Waals surface area contributed by atoms with Crippen LogP contribution >= 0.6 is 0 Å². The van der Waals surface area contributed by atoms with E-state index in [9.17, 15) is 5.26 Å². The molecule has 10 rings (SSSR count). The maximum atomic E-state index is 10.0. The lowest BCUT2D eigenvalue weighted by molar-refractivity contribution is 0.569. The summed E-state index contributed by atoms with van der Waals surface area (Å²) in [4.78, 5) is 26.8. The summed E-state index contributed by atoms with van der Waals surface area (Å²) in [6.45, 7) is 22.4. The predicted octanol–water partition coefficient (Wildman–Crippen LogP) is 15.8. The highest BCUT2D eigenvalue weighted by molar-refractivity contribution is 6.10. The van der Waals surface area contributed by atoms with Crippen LogP contribution in [0, 0.1) is 18.3 Å². The molecule has 3 heterocycles. The van der Waals surface area contributed by atoms with Crippen molar-refractivity contribution in [2.45, 2.75) is 85.5 Å². The summed E-state index contributed by atoms with van der Waals surface area (Å²) >= 11 is 0. The van der Waals surface area contributed by atoms with E-state index >= 15 is 0 Å². The quantitative estimate of drug-likeness (QED) is 0.158. The number of hydrogen-bond acceptors (Lipinski definition) is 6. The molecule has 70 heavy (non-hydrogen) atoms. The van der Waals surface area contributed by atoms with Crippen molar-refractivity contribution in [1.82, 2.24) is 29.5 Å². The van der Waals surface area contributed by atoms with Crippen molar-refractivity contribution in [3.63, 3.8) is 0 Å². The van der Waals surface area contributed by atoms with E-state index in [0.717, 1.165) is 77.8 Å². The van der Waals surface area contributed by atoms with Gasteiger partial charge in [-0.25, -0.2) is 24.9 Å². The summed E-state index contributed by atoms with van der Waals surface area (Å²) < 4.78 is 2.29. The molecular weight excluding hydrogens is 855 g/mol. The third-order valence-corrected chi connectivity index (χ3v) is 13.2. The Hall–Kier alpha value is -8.08. The third kappa shape index (κ3) is 8.90. The van der Waals surface area contributed by atoms with E-state index in [2.05, 4.69) is 183 Å². The number of rotatable bonds is 7. The lowest BCUT2D eigenvalue weighted by Crippen LogP contribution is -2.17. The summed E-state index contributed by atoms with van der Waals surface area (Å²) in [6.07, 6.45) is 0. The first kappa shape index (κ1) is 45.7. The van der Waals surface area contributed by atoms with Crippen LogP contribution in [0.25, 0.3) is 95.6 Å². The van der Waals surface area contributed by atoms with Crippen LogP contribution in [0.5, 0.6) is 0 Å². The van der Waals surface area contributed by atoms with E-state index in [1.165, 1.54) is 16.7 Å². The average Bonchev–Trinajstić information content (AvgIpc) is 3.68. The molecule has 0 amide bonds. The van der Waals surface area contributed by atoms with Crippen LogP contribution in [0.4, 0.5) is 0 Å². The standard InChI is InChI=1S/C63H57N7/c1-39-29-44(32-46(30-39)61(2,3)4)59-67-58(68-60(69-59)45-33-47(62(5,6)7)36-48(34-45)63(8,9)10)43-26-28-56(70-54-24-18-17-23-49(54)50-31-40(38-64)25-27-55(50)70)51(35-43)53-37-52(41-19-13-11-14-20-41)65-57(66-53)42-21-15-12-16-22-42/h11-37H,1-10H3. The molecule has 10 aromatic rings. The molecule has 0 aliphatic carbocycles. The van der Waals surface area contributed by atoms with Gasteiger partial charge in [-0.05, 0) is 113 Å². The summed E-state index contributed by atoms with van der Waals surface area (Å²) in [5, 5.41) is 12.1. The summed E-state index contributed by atoms with van der Waals surface area (Å²) in [5.41, 5.74) is 14.9. The van der Waals surface area contributed by atoms with Crippen molar-refractivity contribution < 1.29 is 0 Å². The molecule has 0 bridgehead atoms. The van der Waals surface area contributed by atoms with Crippen LogP contribution in [0.15, 0.2) is 164 Å². The molecule has 0 fully saturated rings. The number of hydrogen-bond donors (Lipinski definition) is 0. The zero-order chi connectivity index (χ0) is 49.1. The smallest absolute Gasteiger partial charge is 0.164 e. The second-order valence-electron chi connectivity index (χ2n) is 21.6. The fourth-order valence-electron chi connectivity index (χ4n) is 9.17. The number of nitrogens with zero attached hydrogens (tertiary/aromatic N) is 7. The number of para-hydroxylation sites is 1. The van der Waals surface area contributed by atoms with Crippen LogP contribution in [0.1, 0.15) is 90.1 Å². The Morgan fingerprint density at radius 2 is 0.914 bits per heavy atom. The first-order valence-electron chi connectivity index (χ1n) is 24.0. The lowest BCUT2D eigenvalue weighted by Gasteiger charge is -2.26. The van der Waals surface area contributed by atoms with Gasteiger partial charge < -0.3 is 4.57 Å². The Morgan fingerprint density at radius 3 is 1.53 bits per heavy atom. The fraction of sp³-hybridized carbons (Fsp3) is 0.206. The van der Waals surface area contributed by atoms with Gasteiger partial charge in [-0.3, -0.25) is 0 Å². The Labute approximate surface area is 411 Å². The van der Waals surface area contributed by atoms with Gasteiger partial charge in [-0.2, -0.15) is 5.26 Å². The first-order valence-corrected chi connectivity index (χ1v) is 24.0. The van der Waals surface area contributed by atoms with Gasteiger partial charge in [0.25, 0.3) is 0 Å². The van der Waals surface area contributed by atoms with Crippen molar-refractivity contribution in [1.29, 1.82) is 5.26 Å². The minimum Gasteiger partial charge on any atom is -0.309 e. The Bertz CT molecular complexity index is 3580. The molecule has 0 radical (unpaired) electrons. The molecular formula is C63H57N7. The predicted molar refractivity (Wildman–Crippen MR) is 288 cm³/mol. The van der Waals surface area contributed by atoms with Crippen LogP contribution in [-0.4, -0.2) is 29.5 Å². The molecule has 0 aliphatic rings. The second kappa shape index (κ2) is 17.5. The zero-order valence-corrected chi connectivity index (χ0v) is 41.7. The average molecular weight is 912 g/mol. The minimum atomic E-state index is -0.116. The molecule has 7 nitrogen and oxygen atoms in total. The zero-order valence-electron chi connectivity index (χ0n) is 41.7. The van der Waals surface area contributed by atoms with Crippen molar-refractivity contribution in [2.75, 3.05) is 0 Å². The van der Waals surface area contributed by atoms with E-state index in [-0.39, 0.29) is 16.2 Å². The molecule has 0 unspecified atom stereocenters. The molecule has 0 saturated carbocycles. The van der Waals surface area contributed by atoms with Gasteiger partial charge in [0, 0.05) is 44.2 Å². The van der Waals surface area contributed by atoms with E-state index in [1.54, 1.807) is 0 Å². The van der Waals surface area contributed by atoms with Gasteiger partial charge in [-0.1, -0.05) is 159 Å². The molecule has 0 atom stereocenters. The van der Waals surface area contributed by atoms with Crippen LogP contribution in [0.2, 0.25) is 0 Å². The first-order chi connectivity index (χ1) is 33.4. The Balaban J connectivity index is 1.29. The molecule has 7 heteroatoms. The second-order valence-corrected chi connectivity index (χ2v) is 21.6. The minimum absolute atomic E-state index is 0.0927. The highest BCUT2D eigenvalue weighted by atomic mass is 15.0. The van der Waals surface area contributed by atoms with Gasteiger partial charge in [-0.15, -0.1) is 0 Å². The fourth-order valence-corrected chi connectivity index (χ4v) is 9.17.